The molecule has 1 aromatic carbocycles. The van der Waals surface area contributed by atoms with E-state index in [1.54, 1.807) is 30.1 Å². The summed E-state index contributed by atoms with van der Waals surface area (Å²) in [6.07, 6.45) is 3.42. The van der Waals surface area contributed by atoms with Gasteiger partial charge >= 0.3 is 0 Å². The van der Waals surface area contributed by atoms with Crippen LogP contribution >= 0.6 is 24.8 Å². The van der Waals surface area contributed by atoms with E-state index in [4.69, 9.17) is 5.73 Å². The summed E-state index contributed by atoms with van der Waals surface area (Å²) in [6, 6.07) is 11.0. The van der Waals surface area contributed by atoms with Crippen LogP contribution in [0, 0.1) is 0 Å². The lowest BCUT2D eigenvalue weighted by Crippen LogP contribution is -2.36. The number of hydrogen-bond donors (Lipinski definition) is 2. The van der Waals surface area contributed by atoms with Crippen LogP contribution in [0.4, 0.5) is 0 Å². The van der Waals surface area contributed by atoms with Crippen LogP contribution in [-0.2, 0) is 4.79 Å². The Bertz CT molecular complexity index is 519. The van der Waals surface area contributed by atoms with E-state index < -0.39 is 0 Å². The molecular formula is C14H20Cl2N4O. The van der Waals surface area contributed by atoms with Crippen molar-refractivity contribution in [3.63, 3.8) is 0 Å². The van der Waals surface area contributed by atoms with Gasteiger partial charge in [-0.05, 0) is 18.6 Å². The highest BCUT2D eigenvalue weighted by Crippen LogP contribution is 2.09. The van der Waals surface area contributed by atoms with Crippen molar-refractivity contribution in [3.05, 3.63) is 54.4 Å². The summed E-state index contributed by atoms with van der Waals surface area (Å²) >= 11 is 0. The lowest BCUT2D eigenvalue weighted by atomic mass is 10.1. The number of halogens is 2. The number of nitrogens with one attached hydrogen (secondary N) is 1. The molecule has 0 fully saturated rings. The Kier molecular flexibility index (Phi) is 8.69. The second kappa shape index (κ2) is 9.39. The Morgan fingerprint density at radius 3 is 2.52 bits per heavy atom. The monoisotopic (exact) mass is 330 g/mol. The topological polar surface area (TPSA) is 72.9 Å². The zero-order chi connectivity index (χ0) is 13.7. The summed E-state index contributed by atoms with van der Waals surface area (Å²) < 4.78 is 1.61. The van der Waals surface area contributed by atoms with Crippen LogP contribution in [0.1, 0.15) is 24.6 Å². The lowest BCUT2D eigenvalue weighted by molar-refractivity contribution is -0.124. The predicted molar refractivity (Wildman–Crippen MR) is 87.8 cm³/mol. The van der Waals surface area contributed by atoms with Gasteiger partial charge < -0.3 is 11.1 Å². The standard InChI is InChI=1S/C14H18N4O.2ClH/c1-11(18-9-5-8-17-18)14(19)16-10-13(15)12-6-3-2-4-7-12;;/h2-9,11,13H,10,15H2,1H3,(H,16,19);2*1H. The molecule has 2 rings (SSSR count). The largest absolute Gasteiger partial charge is 0.352 e. The van der Waals surface area contributed by atoms with Gasteiger partial charge in [-0.1, -0.05) is 30.3 Å². The fourth-order valence-corrected chi connectivity index (χ4v) is 1.81. The SMILES string of the molecule is CC(C(=O)NCC(N)c1ccccc1)n1cccn1.Cl.Cl. The first-order chi connectivity index (χ1) is 9.18. The van der Waals surface area contributed by atoms with Gasteiger partial charge in [0.2, 0.25) is 5.91 Å². The minimum absolute atomic E-state index is 0. The van der Waals surface area contributed by atoms with Gasteiger partial charge in [0, 0.05) is 25.0 Å². The highest BCUT2D eigenvalue weighted by Gasteiger charge is 2.15. The van der Waals surface area contributed by atoms with Gasteiger partial charge in [0.25, 0.3) is 0 Å². The van der Waals surface area contributed by atoms with Crippen LogP contribution in [0.15, 0.2) is 48.8 Å². The van der Waals surface area contributed by atoms with Crippen molar-refractivity contribution in [1.82, 2.24) is 15.1 Å². The number of hydrogen-bond acceptors (Lipinski definition) is 3. The van der Waals surface area contributed by atoms with Crippen molar-refractivity contribution < 1.29 is 4.79 Å². The van der Waals surface area contributed by atoms with Gasteiger partial charge in [-0.15, -0.1) is 24.8 Å². The number of nitrogens with zero attached hydrogens (tertiary/aromatic N) is 2. The number of carbonyl (C=O) groups excluding carboxylic acids is 1. The molecule has 0 spiro atoms. The maximum Gasteiger partial charge on any atom is 0.244 e. The molecule has 5 nitrogen and oxygen atoms in total. The summed E-state index contributed by atoms with van der Waals surface area (Å²) in [5.41, 5.74) is 7.03. The molecule has 0 radical (unpaired) electrons. The number of rotatable bonds is 5. The summed E-state index contributed by atoms with van der Waals surface area (Å²) in [5.74, 6) is -0.0879. The zero-order valence-corrected chi connectivity index (χ0v) is 13.3. The smallest absolute Gasteiger partial charge is 0.244 e. The minimum Gasteiger partial charge on any atom is -0.352 e. The van der Waals surface area contributed by atoms with Crippen LogP contribution in [-0.4, -0.2) is 22.2 Å². The molecule has 0 aliphatic heterocycles. The summed E-state index contributed by atoms with van der Waals surface area (Å²) in [7, 11) is 0. The third kappa shape index (κ3) is 5.38. The average molecular weight is 331 g/mol. The maximum atomic E-state index is 11.9. The lowest BCUT2D eigenvalue weighted by Gasteiger charge is -2.16. The van der Waals surface area contributed by atoms with Crippen LogP contribution in [0.2, 0.25) is 0 Å². The molecule has 1 aromatic heterocycles. The van der Waals surface area contributed by atoms with E-state index in [0.717, 1.165) is 5.56 Å². The van der Waals surface area contributed by atoms with Crippen LogP contribution in [0.3, 0.4) is 0 Å². The van der Waals surface area contributed by atoms with E-state index in [1.165, 1.54) is 0 Å². The molecule has 0 saturated carbocycles. The highest BCUT2D eigenvalue weighted by molar-refractivity contribution is 5.85. The second-order valence-corrected chi connectivity index (χ2v) is 4.42. The molecule has 7 heteroatoms. The van der Waals surface area contributed by atoms with Crippen molar-refractivity contribution in [2.75, 3.05) is 6.54 Å². The van der Waals surface area contributed by atoms with E-state index in [9.17, 15) is 4.79 Å². The fourth-order valence-electron chi connectivity index (χ4n) is 1.81. The van der Waals surface area contributed by atoms with Crippen LogP contribution < -0.4 is 11.1 Å². The first kappa shape index (κ1) is 19.4. The number of benzene rings is 1. The molecule has 0 saturated heterocycles. The molecule has 1 amide bonds. The van der Waals surface area contributed by atoms with Gasteiger partial charge in [-0.3, -0.25) is 9.48 Å². The van der Waals surface area contributed by atoms with Gasteiger partial charge in [0.15, 0.2) is 0 Å². The van der Waals surface area contributed by atoms with Crippen LogP contribution in [0.25, 0.3) is 0 Å². The fraction of sp³-hybridized carbons (Fsp3) is 0.286. The quantitative estimate of drug-likeness (QED) is 0.881. The van der Waals surface area contributed by atoms with Gasteiger partial charge in [-0.2, -0.15) is 5.10 Å². The molecule has 2 atom stereocenters. The Hall–Kier alpha value is -1.56. The molecular weight excluding hydrogens is 311 g/mol. The Balaban J connectivity index is 0.00000200. The molecule has 0 bridgehead atoms. The van der Waals surface area contributed by atoms with Crippen molar-refractivity contribution >= 4 is 30.7 Å². The Labute approximate surface area is 136 Å². The molecule has 2 aromatic rings. The number of aromatic nitrogens is 2. The minimum atomic E-state index is -0.335. The molecule has 2 unspecified atom stereocenters. The highest BCUT2D eigenvalue weighted by atomic mass is 35.5. The summed E-state index contributed by atoms with van der Waals surface area (Å²) in [4.78, 5) is 11.9. The molecule has 116 valence electrons. The number of amides is 1. The van der Waals surface area contributed by atoms with Gasteiger partial charge in [0.05, 0.1) is 0 Å². The third-order valence-electron chi connectivity index (χ3n) is 3.03. The van der Waals surface area contributed by atoms with Gasteiger partial charge in [-0.25, -0.2) is 0 Å². The molecule has 0 aliphatic carbocycles. The van der Waals surface area contributed by atoms with Crippen molar-refractivity contribution in [3.8, 4) is 0 Å². The molecule has 3 N–H and O–H groups in total. The van der Waals surface area contributed by atoms with Crippen molar-refractivity contribution in [2.45, 2.75) is 19.0 Å². The summed E-state index contributed by atoms with van der Waals surface area (Å²) in [6.45, 7) is 2.21. The van der Waals surface area contributed by atoms with E-state index in [2.05, 4.69) is 10.4 Å². The first-order valence-corrected chi connectivity index (χ1v) is 6.26. The average Bonchev–Trinajstić information content (AvgIpc) is 2.98. The van der Waals surface area contributed by atoms with E-state index in [0.29, 0.717) is 6.54 Å². The molecule has 1 heterocycles. The van der Waals surface area contributed by atoms with Gasteiger partial charge in [0.1, 0.15) is 6.04 Å². The Morgan fingerprint density at radius 2 is 1.95 bits per heavy atom. The Morgan fingerprint density at radius 1 is 1.29 bits per heavy atom. The summed E-state index contributed by atoms with van der Waals surface area (Å²) in [5, 5.41) is 6.89. The predicted octanol–water partition coefficient (Wildman–Crippen LogP) is 2.10. The van der Waals surface area contributed by atoms with Crippen molar-refractivity contribution in [1.29, 1.82) is 0 Å². The van der Waals surface area contributed by atoms with Crippen LogP contribution in [0.5, 0.6) is 0 Å². The number of carbonyl (C=O) groups is 1. The van der Waals surface area contributed by atoms with E-state index >= 15 is 0 Å². The normalized spacial score (nSPS) is 12.5. The first-order valence-electron chi connectivity index (χ1n) is 6.26. The second-order valence-electron chi connectivity index (χ2n) is 4.42. The van der Waals surface area contributed by atoms with E-state index in [-0.39, 0.29) is 42.8 Å². The molecule has 0 aliphatic rings. The van der Waals surface area contributed by atoms with E-state index in [1.807, 2.05) is 30.3 Å². The van der Waals surface area contributed by atoms with Crippen molar-refractivity contribution in [2.24, 2.45) is 5.73 Å². The third-order valence-corrected chi connectivity index (χ3v) is 3.03. The molecule has 21 heavy (non-hydrogen) atoms. The maximum absolute atomic E-state index is 11.9. The number of nitrogens with two attached hydrogens (primary N) is 1. The zero-order valence-electron chi connectivity index (χ0n) is 11.7.